The number of nitrogens with zero attached hydrogens (tertiary/aromatic N) is 2. The third-order valence-electron chi connectivity index (χ3n) is 3.58. The average Bonchev–Trinajstić information content (AvgIpc) is 2.62. The third kappa shape index (κ3) is 2.83. The predicted molar refractivity (Wildman–Crippen MR) is 87.1 cm³/mol. The summed E-state index contributed by atoms with van der Waals surface area (Å²) in [5.41, 5.74) is 7.88. The van der Waals surface area contributed by atoms with Crippen molar-refractivity contribution in [2.45, 2.75) is 6.04 Å². The summed E-state index contributed by atoms with van der Waals surface area (Å²) in [5.74, 6) is -0.728. The fourth-order valence-electron chi connectivity index (χ4n) is 2.51. The van der Waals surface area contributed by atoms with E-state index in [1.165, 1.54) is 0 Å². The van der Waals surface area contributed by atoms with Gasteiger partial charge in [-0.25, -0.2) is 4.99 Å². The molecular weight excluding hydrogens is 288 g/mol. The largest absolute Gasteiger partial charge is 0.364 e. The van der Waals surface area contributed by atoms with Crippen molar-refractivity contribution in [2.24, 2.45) is 10.7 Å². The van der Waals surface area contributed by atoms with Crippen molar-refractivity contribution in [3.63, 3.8) is 0 Å². The summed E-state index contributed by atoms with van der Waals surface area (Å²) in [6.07, 6.45) is 0. The standard InChI is InChI=1S/C18H14N4O/c19-11-14-17(18(20)23)22-16(13-9-5-2-6-10-13)15(21-14)12-7-3-1-4-8-12/h1-10,15,21H,(H2,20,23)/t15-/m0/s1. The SMILES string of the molecule is N#CC1=C(C(N)=O)N=C(c2ccccc2)[C@H](c2ccccc2)N1. The second-order valence-electron chi connectivity index (χ2n) is 5.05. The molecule has 2 aromatic rings. The van der Waals surface area contributed by atoms with Crippen LogP contribution in [0.5, 0.6) is 0 Å². The summed E-state index contributed by atoms with van der Waals surface area (Å²) < 4.78 is 0. The van der Waals surface area contributed by atoms with Crippen molar-refractivity contribution in [3.8, 4) is 6.07 Å². The molecule has 1 aliphatic rings. The maximum atomic E-state index is 11.6. The topological polar surface area (TPSA) is 91.3 Å². The van der Waals surface area contributed by atoms with E-state index in [0.29, 0.717) is 5.71 Å². The van der Waals surface area contributed by atoms with Gasteiger partial charge in [-0.3, -0.25) is 4.79 Å². The first-order valence-corrected chi connectivity index (χ1v) is 7.10. The van der Waals surface area contributed by atoms with E-state index in [0.717, 1.165) is 11.1 Å². The minimum Gasteiger partial charge on any atom is -0.364 e. The van der Waals surface area contributed by atoms with Crippen molar-refractivity contribution in [2.75, 3.05) is 0 Å². The van der Waals surface area contributed by atoms with Gasteiger partial charge in [-0.1, -0.05) is 60.7 Å². The number of nitrogens with one attached hydrogen (secondary N) is 1. The smallest absolute Gasteiger partial charge is 0.270 e. The number of hydrogen-bond acceptors (Lipinski definition) is 4. The first-order valence-electron chi connectivity index (χ1n) is 7.10. The minimum absolute atomic E-state index is 0.0430. The van der Waals surface area contributed by atoms with Crippen molar-refractivity contribution in [1.82, 2.24) is 5.32 Å². The first-order chi connectivity index (χ1) is 11.2. The number of aliphatic imine (C=N–C) groups is 1. The Labute approximate surface area is 133 Å². The van der Waals surface area contributed by atoms with Crippen LogP contribution in [0, 0.1) is 11.3 Å². The molecule has 1 heterocycles. The van der Waals surface area contributed by atoms with Crippen LogP contribution < -0.4 is 11.1 Å². The van der Waals surface area contributed by atoms with Crippen LogP contribution in [0.25, 0.3) is 0 Å². The van der Waals surface area contributed by atoms with Gasteiger partial charge < -0.3 is 11.1 Å². The van der Waals surface area contributed by atoms with Crippen molar-refractivity contribution < 1.29 is 4.79 Å². The average molecular weight is 302 g/mol. The lowest BCUT2D eigenvalue weighted by Crippen LogP contribution is -2.35. The zero-order valence-corrected chi connectivity index (χ0v) is 12.2. The summed E-state index contributed by atoms with van der Waals surface area (Å²) in [4.78, 5) is 16.0. The lowest BCUT2D eigenvalue weighted by atomic mass is 9.94. The van der Waals surface area contributed by atoms with E-state index in [9.17, 15) is 10.1 Å². The molecule has 0 aliphatic carbocycles. The number of benzene rings is 2. The van der Waals surface area contributed by atoms with Crippen LogP contribution in [-0.4, -0.2) is 11.6 Å². The van der Waals surface area contributed by atoms with Gasteiger partial charge in [0, 0.05) is 0 Å². The number of amides is 1. The van der Waals surface area contributed by atoms with E-state index in [1.54, 1.807) is 0 Å². The van der Waals surface area contributed by atoms with Gasteiger partial charge in [0.15, 0.2) is 5.70 Å². The Bertz CT molecular complexity index is 832. The Balaban J connectivity index is 2.17. The molecule has 5 heteroatoms. The molecule has 3 rings (SSSR count). The van der Waals surface area contributed by atoms with E-state index in [4.69, 9.17) is 5.73 Å². The number of carbonyl (C=O) groups is 1. The summed E-state index contributed by atoms with van der Waals surface area (Å²) >= 11 is 0. The normalized spacial score (nSPS) is 17.0. The van der Waals surface area contributed by atoms with Gasteiger partial charge in [0.25, 0.3) is 5.91 Å². The number of hydrogen-bond donors (Lipinski definition) is 2. The van der Waals surface area contributed by atoms with Crippen LogP contribution in [-0.2, 0) is 4.79 Å². The molecule has 0 saturated carbocycles. The molecule has 0 radical (unpaired) electrons. The number of allylic oxidation sites excluding steroid dienone is 1. The number of nitrogens with two attached hydrogens (primary N) is 1. The molecule has 1 aliphatic heterocycles. The minimum atomic E-state index is -0.728. The summed E-state index contributed by atoms with van der Waals surface area (Å²) in [5, 5.41) is 12.4. The monoisotopic (exact) mass is 302 g/mol. The van der Waals surface area contributed by atoms with Gasteiger partial charge in [0.2, 0.25) is 0 Å². The van der Waals surface area contributed by atoms with Gasteiger partial charge >= 0.3 is 0 Å². The summed E-state index contributed by atoms with van der Waals surface area (Å²) in [6, 6.07) is 20.8. The molecule has 0 fully saturated rings. The Morgan fingerprint density at radius 3 is 2.26 bits per heavy atom. The van der Waals surface area contributed by atoms with E-state index < -0.39 is 5.91 Å². The fourth-order valence-corrected chi connectivity index (χ4v) is 2.51. The van der Waals surface area contributed by atoms with Gasteiger partial charge in [-0.15, -0.1) is 0 Å². The molecule has 2 aromatic carbocycles. The van der Waals surface area contributed by atoms with Crippen molar-refractivity contribution >= 4 is 11.6 Å². The van der Waals surface area contributed by atoms with E-state index in [1.807, 2.05) is 66.7 Å². The molecule has 112 valence electrons. The molecule has 1 amide bonds. The van der Waals surface area contributed by atoms with Gasteiger partial charge in [0.05, 0.1) is 11.8 Å². The second-order valence-corrected chi connectivity index (χ2v) is 5.05. The predicted octanol–water partition coefficient (Wildman–Crippen LogP) is 2.04. The molecule has 0 spiro atoms. The van der Waals surface area contributed by atoms with E-state index >= 15 is 0 Å². The van der Waals surface area contributed by atoms with E-state index in [-0.39, 0.29) is 17.4 Å². The molecule has 0 saturated heterocycles. The molecule has 0 bridgehead atoms. The van der Waals surface area contributed by atoms with Crippen LogP contribution in [0.2, 0.25) is 0 Å². The van der Waals surface area contributed by atoms with Gasteiger partial charge in [-0.2, -0.15) is 5.26 Å². The van der Waals surface area contributed by atoms with Crippen molar-refractivity contribution in [3.05, 3.63) is 83.2 Å². The molecule has 3 N–H and O–H groups in total. The van der Waals surface area contributed by atoms with Crippen LogP contribution in [0.1, 0.15) is 17.2 Å². The molecule has 23 heavy (non-hydrogen) atoms. The lowest BCUT2D eigenvalue weighted by molar-refractivity contribution is -0.114. The Morgan fingerprint density at radius 2 is 1.70 bits per heavy atom. The quantitative estimate of drug-likeness (QED) is 0.909. The second kappa shape index (κ2) is 6.16. The van der Waals surface area contributed by atoms with Gasteiger partial charge in [-0.05, 0) is 11.1 Å². The van der Waals surface area contributed by atoms with E-state index in [2.05, 4.69) is 10.3 Å². The highest BCUT2D eigenvalue weighted by Gasteiger charge is 2.28. The van der Waals surface area contributed by atoms with Gasteiger partial charge in [0.1, 0.15) is 11.8 Å². The van der Waals surface area contributed by atoms with Crippen molar-refractivity contribution in [1.29, 1.82) is 5.26 Å². The fraction of sp³-hybridized carbons (Fsp3) is 0.0556. The molecule has 1 atom stereocenters. The zero-order chi connectivity index (χ0) is 16.2. The number of primary amides is 1. The van der Waals surface area contributed by atoms with Crippen LogP contribution in [0.15, 0.2) is 77.1 Å². The molecular formula is C18H14N4O. The Morgan fingerprint density at radius 1 is 1.09 bits per heavy atom. The number of rotatable bonds is 3. The first kappa shape index (κ1) is 14.5. The molecule has 0 aromatic heterocycles. The number of carbonyl (C=O) groups excluding carboxylic acids is 1. The highest BCUT2D eigenvalue weighted by atomic mass is 16.1. The van der Waals surface area contributed by atoms with Crippen LogP contribution in [0.4, 0.5) is 0 Å². The van der Waals surface area contributed by atoms with Crippen LogP contribution >= 0.6 is 0 Å². The van der Waals surface area contributed by atoms with Crippen LogP contribution in [0.3, 0.4) is 0 Å². The Kier molecular flexibility index (Phi) is 3.89. The lowest BCUT2D eigenvalue weighted by Gasteiger charge is -2.26. The summed E-state index contributed by atoms with van der Waals surface area (Å²) in [7, 11) is 0. The molecule has 5 nitrogen and oxygen atoms in total. The number of nitriles is 1. The Hall–Kier alpha value is -3.39. The third-order valence-corrected chi connectivity index (χ3v) is 3.58. The highest BCUT2D eigenvalue weighted by molar-refractivity contribution is 6.09. The molecule has 0 unspecified atom stereocenters. The summed E-state index contributed by atoms with van der Waals surface area (Å²) in [6.45, 7) is 0. The maximum Gasteiger partial charge on any atom is 0.270 e. The zero-order valence-electron chi connectivity index (χ0n) is 12.2. The maximum absolute atomic E-state index is 11.6. The highest BCUT2D eigenvalue weighted by Crippen LogP contribution is 2.26.